The highest BCUT2D eigenvalue weighted by atomic mass is 19.2. The molecule has 0 fully saturated rings. The standard InChI is InChI=1S/C8H6F4.CH5N/c1-3-5(9)7(11)4(2)8(12)6(3)10;1-2/h1-2H3;2H2,1H3. The number of nitrogens with two attached hydrogens (primary N) is 1. The summed E-state index contributed by atoms with van der Waals surface area (Å²) in [5, 5.41) is 0. The maximum absolute atomic E-state index is 12.7. The Balaban J connectivity index is 0.000000791. The molecule has 1 aromatic rings. The highest BCUT2D eigenvalue weighted by Crippen LogP contribution is 2.22. The number of rotatable bonds is 0. The van der Waals surface area contributed by atoms with E-state index in [1.165, 1.54) is 7.05 Å². The lowest BCUT2D eigenvalue weighted by molar-refractivity contribution is 0.436. The zero-order valence-electron chi connectivity index (χ0n) is 8.09. The fourth-order valence-electron chi connectivity index (χ4n) is 0.851. The average molecular weight is 209 g/mol. The van der Waals surface area contributed by atoms with Crippen LogP contribution in [0, 0.1) is 37.1 Å². The number of hydrogen-bond donors (Lipinski definition) is 1. The van der Waals surface area contributed by atoms with Gasteiger partial charge in [-0.2, -0.15) is 0 Å². The van der Waals surface area contributed by atoms with Crippen LogP contribution < -0.4 is 5.73 Å². The van der Waals surface area contributed by atoms with Crippen LogP contribution in [0.3, 0.4) is 0 Å². The normalized spacial score (nSPS) is 9.43. The third-order valence-corrected chi connectivity index (χ3v) is 1.70. The Hall–Kier alpha value is -1.10. The Morgan fingerprint density at radius 1 is 0.643 bits per heavy atom. The van der Waals surface area contributed by atoms with Gasteiger partial charge in [0.2, 0.25) is 0 Å². The summed E-state index contributed by atoms with van der Waals surface area (Å²) < 4.78 is 50.6. The van der Waals surface area contributed by atoms with Gasteiger partial charge in [-0.15, -0.1) is 0 Å². The van der Waals surface area contributed by atoms with Gasteiger partial charge in [-0.3, -0.25) is 0 Å². The van der Waals surface area contributed by atoms with Crippen LogP contribution in [0.1, 0.15) is 11.1 Å². The molecule has 0 amide bonds. The first-order valence-electron chi connectivity index (χ1n) is 3.83. The summed E-state index contributed by atoms with van der Waals surface area (Å²) in [6, 6.07) is 0. The lowest BCUT2D eigenvalue weighted by Gasteiger charge is -2.04. The maximum atomic E-state index is 12.7. The Morgan fingerprint density at radius 3 is 0.929 bits per heavy atom. The maximum Gasteiger partial charge on any atom is 0.165 e. The van der Waals surface area contributed by atoms with Gasteiger partial charge in [0.05, 0.1) is 0 Å². The van der Waals surface area contributed by atoms with Crippen molar-refractivity contribution in [2.45, 2.75) is 13.8 Å². The second kappa shape index (κ2) is 4.95. The summed E-state index contributed by atoms with van der Waals surface area (Å²) in [5.74, 6) is -5.31. The molecule has 0 atom stereocenters. The topological polar surface area (TPSA) is 26.0 Å². The fraction of sp³-hybridized carbons (Fsp3) is 0.333. The SMILES string of the molecule is CN.Cc1c(F)c(F)c(C)c(F)c1F. The quantitative estimate of drug-likeness (QED) is 0.515. The lowest BCUT2D eigenvalue weighted by atomic mass is 10.1. The van der Waals surface area contributed by atoms with Crippen molar-refractivity contribution >= 4 is 0 Å². The Morgan fingerprint density at radius 2 is 0.786 bits per heavy atom. The molecule has 0 aliphatic carbocycles. The second-order valence-corrected chi connectivity index (χ2v) is 2.51. The molecule has 0 heterocycles. The van der Waals surface area contributed by atoms with Crippen molar-refractivity contribution in [3.05, 3.63) is 34.4 Å². The Kier molecular flexibility index (Phi) is 4.56. The molecule has 0 bridgehead atoms. The molecule has 0 unspecified atom stereocenters. The predicted octanol–water partition coefficient (Wildman–Crippen LogP) is 2.43. The van der Waals surface area contributed by atoms with Crippen molar-refractivity contribution in [1.82, 2.24) is 0 Å². The summed E-state index contributed by atoms with van der Waals surface area (Å²) >= 11 is 0. The Bertz CT molecular complexity index is 231. The molecular formula is C9H11F4N. The molecule has 14 heavy (non-hydrogen) atoms. The van der Waals surface area contributed by atoms with Crippen molar-refractivity contribution < 1.29 is 17.6 Å². The van der Waals surface area contributed by atoms with Crippen LogP contribution in [0.15, 0.2) is 0 Å². The van der Waals surface area contributed by atoms with Crippen molar-refractivity contribution in [3.8, 4) is 0 Å². The zero-order valence-corrected chi connectivity index (χ0v) is 8.09. The van der Waals surface area contributed by atoms with E-state index in [-0.39, 0.29) is 0 Å². The minimum absolute atomic E-state index is 0.629. The molecule has 0 saturated heterocycles. The van der Waals surface area contributed by atoms with Crippen molar-refractivity contribution in [2.75, 3.05) is 7.05 Å². The van der Waals surface area contributed by atoms with E-state index in [2.05, 4.69) is 5.73 Å². The fourth-order valence-corrected chi connectivity index (χ4v) is 0.851. The van der Waals surface area contributed by atoms with Gasteiger partial charge in [-0.05, 0) is 20.9 Å². The van der Waals surface area contributed by atoms with Gasteiger partial charge in [0, 0.05) is 11.1 Å². The van der Waals surface area contributed by atoms with E-state index in [1.54, 1.807) is 0 Å². The number of halogens is 4. The lowest BCUT2D eigenvalue weighted by Crippen LogP contribution is -2.02. The average Bonchev–Trinajstić information content (AvgIpc) is 2.24. The van der Waals surface area contributed by atoms with E-state index in [9.17, 15) is 17.6 Å². The van der Waals surface area contributed by atoms with Gasteiger partial charge in [-0.25, -0.2) is 17.6 Å². The highest BCUT2D eigenvalue weighted by Gasteiger charge is 2.19. The molecule has 0 aromatic heterocycles. The molecule has 0 spiro atoms. The monoisotopic (exact) mass is 209 g/mol. The number of hydrogen-bond acceptors (Lipinski definition) is 1. The van der Waals surface area contributed by atoms with Gasteiger partial charge < -0.3 is 5.73 Å². The first kappa shape index (κ1) is 12.9. The highest BCUT2D eigenvalue weighted by molar-refractivity contribution is 5.27. The van der Waals surface area contributed by atoms with Gasteiger partial charge in [0.25, 0.3) is 0 Å². The molecule has 0 saturated carbocycles. The summed E-state index contributed by atoms with van der Waals surface area (Å²) in [6.45, 7) is 1.96. The van der Waals surface area contributed by atoms with E-state index in [1.807, 2.05) is 0 Å². The van der Waals surface area contributed by atoms with E-state index in [0.717, 1.165) is 13.8 Å². The summed E-state index contributed by atoms with van der Waals surface area (Å²) in [7, 11) is 1.50. The first-order valence-corrected chi connectivity index (χ1v) is 3.83. The zero-order chi connectivity index (χ0) is 11.5. The first-order chi connectivity index (χ1) is 6.46. The van der Waals surface area contributed by atoms with Gasteiger partial charge in [0.1, 0.15) is 0 Å². The second-order valence-electron chi connectivity index (χ2n) is 2.51. The summed E-state index contributed by atoms with van der Waals surface area (Å²) in [5.41, 5.74) is 3.24. The van der Waals surface area contributed by atoms with Crippen LogP contribution in [0.25, 0.3) is 0 Å². The minimum atomic E-state index is -1.33. The largest absolute Gasteiger partial charge is 0.333 e. The van der Waals surface area contributed by atoms with E-state index < -0.39 is 34.4 Å². The van der Waals surface area contributed by atoms with Crippen molar-refractivity contribution in [1.29, 1.82) is 0 Å². The predicted molar refractivity (Wildman–Crippen MR) is 45.9 cm³/mol. The van der Waals surface area contributed by atoms with Gasteiger partial charge in [0.15, 0.2) is 23.3 Å². The van der Waals surface area contributed by atoms with Crippen LogP contribution in [-0.2, 0) is 0 Å². The third-order valence-electron chi connectivity index (χ3n) is 1.70. The smallest absolute Gasteiger partial charge is 0.165 e. The third kappa shape index (κ3) is 2.04. The van der Waals surface area contributed by atoms with Crippen LogP contribution in [0.5, 0.6) is 0 Å². The molecule has 2 N–H and O–H groups in total. The molecule has 0 aliphatic rings. The molecule has 1 aromatic carbocycles. The van der Waals surface area contributed by atoms with Gasteiger partial charge >= 0.3 is 0 Å². The van der Waals surface area contributed by atoms with Crippen LogP contribution in [0.4, 0.5) is 17.6 Å². The molecule has 0 radical (unpaired) electrons. The summed E-state index contributed by atoms with van der Waals surface area (Å²) in [6.07, 6.45) is 0. The molecule has 5 heteroatoms. The molecule has 1 nitrogen and oxygen atoms in total. The van der Waals surface area contributed by atoms with E-state index in [0.29, 0.717) is 0 Å². The number of benzene rings is 1. The van der Waals surface area contributed by atoms with E-state index in [4.69, 9.17) is 0 Å². The molecule has 0 aliphatic heterocycles. The Labute approximate surface area is 79.5 Å². The van der Waals surface area contributed by atoms with Crippen LogP contribution in [-0.4, -0.2) is 7.05 Å². The van der Waals surface area contributed by atoms with Crippen LogP contribution >= 0.6 is 0 Å². The molecule has 80 valence electrons. The van der Waals surface area contributed by atoms with E-state index >= 15 is 0 Å². The molecule has 1 rings (SSSR count). The van der Waals surface area contributed by atoms with Crippen molar-refractivity contribution in [2.24, 2.45) is 5.73 Å². The minimum Gasteiger partial charge on any atom is -0.333 e. The molecular weight excluding hydrogens is 198 g/mol. The van der Waals surface area contributed by atoms with Gasteiger partial charge in [-0.1, -0.05) is 0 Å². The van der Waals surface area contributed by atoms with Crippen molar-refractivity contribution in [3.63, 3.8) is 0 Å². The summed E-state index contributed by atoms with van der Waals surface area (Å²) in [4.78, 5) is 0. The van der Waals surface area contributed by atoms with Crippen LogP contribution in [0.2, 0.25) is 0 Å².